The van der Waals surface area contributed by atoms with Crippen LogP contribution in [0.2, 0.25) is 0 Å². The van der Waals surface area contributed by atoms with Crippen LogP contribution in [-0.4, -0.2) is 36.2 Å². The number of nitrogens with one attached hydrogen (secondary N) is 2. The van der Waals surface area contributed by atoms with Gasteiger partial charge in [0.2, 0.25) is 5.91 Å². The predicted octanol–water partition coefficient (Wildman–Crippen LogP) is 0.717. The Kier molecular flexibility index (Phi) is 3.36. The molecule has 0 bridgehead atoms. The molecule has 1 heterocycles. The highest BCUT2D eigenvalue weighted by Crippen LogP contribution is 2.27. The summed E-state index contributed by atoms with van der Waals surface area (Å²) in [6.07, 6.45) is 1.73. The fourth-order valence-corrected chi connectivity index (χ4v) is 1.89. The summed E-state index contributed by atoms with van der Waals surface area (Å²) in [4.78, 5) is 13.4. The van der Waals surface area contributed by atoms with Crippen molar-refractivity contribution >= 4 is 28.2 Å². The Morgan fingerprint density at radius 3 is 3.00 bits per heavy atom. The molecule has 1 amide bonds. The van der Waals surface area contributed by atoms with Crippen molar-refractivity contribution in [2.75, 3.05) is 30.8 Å². The monoisotopic (exact) mass is 247 g/mol. The van der Waals surface area contributed by atoms with Gasteiger partial charge in [-0.1, -0.05) is 0 Å². The first kappa shape index (κ1) is 12.2. The first-order chi connectivity index (χ1) is 8.65. The van der Waals surface area contributed by atoms with E-state index >= 15 is 0 Å². The number of hydrogen-bond donors (Lipinski definition) is 3. The standard InChI is InChI=1S/C12H17N5O/c1-3-17(7-12(18)14-2)11-5-10-8(4-9(11)13)6-15-16-10/h4-6H,3,7,13H2,1-2H3,(H,14,18)(H,15,16). The van der Waals surface area contributed by atoms with E-state index in [0.717, 1.165) is 16.6 Å². The maximum Gasteiger partial charge on any atom is 0.239 e. The Bertz CT molecular complexity index is 563. The van der Waals surface area contributed by atoms with Crippen LogP contribution >= 0.6 is 0 Å². The molecule has 0 saturated carbocycles. The largest absolute Gasteiger partial charge is 0.397 e. The topological polar surface area (TPSA) is 87.0 Å². The SMILES string of the molecule is CCN(CC(=O)NC)c1cc2[nH]ncc2cc1N. The fourth-order valence-electron chi connectivity index (χ4n) is 1.89. The molecule has 0 atom stereocenters. The number of nitrogen functional groups attached to an aromatic ring is 1. The minimum atomic E-state index is -0.0408. The number of carbonyl (C=O) groups is 1. The van der Waals surface area contributed by atoms with Crippen molar-refractivity contribution in [1.29, 1.82) is 0 Å². The van der Waals surface area contributed by atoms with Crippen molar-refractivity contribution in [1.82, 2.24) is 15.5 Å². The third-order valence-electron chi connectivity index (χ3n) is 2.92. The molecule has 0 spiro atoms. The number of anilines is 2. The fraction of sp³-hybridized carbons (Fsp3) is 0.333. The van der Waals surface area contributed by atoms with Gasteiger partial charge in [0.05, 0.1) is 29.6 Å². The van der Waals surface area contributed by atoms with Gasteiger partial charge >= 0.3 is 0 Å². The molecular weight excluding hydrogens is 230 g/mol. The highest BCUT2D eigenvalue weighted by molar-refractivity contribution is 5.90. The molecule has 0 fully saturated rings. The summed E-state index contributed by atoms with van der Waals surface area (Å²) in [5, 5.41) is 10.4. The third kappa shape index (κ3) is 2.22. The second-order valence-corrected chi connectivity index (χ2v) is 4.06. The number of hydrogen-bond acceptors (Lipinski definition) is 4. The molecule has 1 aromatic heterocycles. The number of fused-ring (bicyclic) bond motifs is 1. The normalized spacial score (nSPS) is 10.6. The van der Waals surface area contributed by atoms with Gasteiger partial charge in [0, 0.05) is 19.0 Å². The summed E-state index contributed by atoms with van der Waals surface area (Å²) >= 11 is 0. The van der Waals surface area contributed by atoms with Crippen LogP contribution in [0.4, 0.5) is 11.4 Å². The third-order valence-corrected chi connectivity index (χ3v) is 2.92. The quantitative estimate of drug-likeness (QED) is 0.695. The maximum atomic E-state index is 11.5. The zero-order valence-electron chi connectivity index (χ0n) is 10.5. The molecule has 6 nitrogen and oxygen atoms in total. The van der Waals surface area contributed by atoms with E-state index in [9.17, 15) is 4.79 Å². The van der Waals surface area contributed by atoms with Crippen LogP contribution in [-0.2, 0) is 4.79 Å². The number of benzene rings is 1. The van der Waals surface area contributed by atoms with Crippen LogP contribution in [0.3, 0.4) is 0 Å². The Hall–Kier alpha value is -2.24. The van der Waals surface area contributed by atoms with E-state index < -0.39 is 0 Å². The lowest BCUT2D eigenvalue weighted by Crippen LogP contribution is -2.35. The lowest BCUT2D eigenvalue weighted by Gasteiger charge is -2.23. The van der Waals surface area contributed by atoms with Gasteiger partial charge in [0.15, 0.2) is 0 Å². The second kappa shape index (κ2) is 4.95. The van der Waals surface area contributed by atoms with Crippen LogP contribution in [0.15, 0.2) is 18.3 Å². The molecule has 0 radical (unpaired) electrons. The van der Waals surface area contributed by atoms with Crippen LogP contribution in [0.1, 0.15) is 6.92 Å². The molecule has 0 saturated heterocycles. The Balaban J connectivity index is 2.37. The molecule has 2 rings (SSSR count). The van der Waals surface area contributed by atoms with Crippen molar-refractivity contribution < 1.29 is 4.79 Å². The van der Waals surface area contributed by atoms with Gasteiger partial charge in [-0.15, -0.1) is 0 Å². The number of likely N-dealkylation sites (N-methyl/N-ethyl adjacent to an activating group) is 2. The minimum absolute atomic E-state index is 0.0408. The first-order valence-electron chi connectivity index (χ1n) is 5.83. The van der Waals surface area contributed by atoms with Gasteiger partial charge in [-0.2, -0.15) is 5.10 Å². The van der Waals surface area contributed by atoms with Crippen LogP contribution in [0, 0.1) is 0 Å². The maximum absolute atomic E-state index is 11.5. The van der Waals surface area contributed by atoms with Crippen molar-refractivity contribution in [2.24, 2.45) is 0 Å². The van der Waals surface area contributed by atoms with E-state index in [4.69, 9.17) is 5.73 Å². The molecule has 18 heavy (non-hydrogen) atoms. The molecule has 96 valence electrons. The van der Waals surface area contributed by atoms with Crippen molar-refractivity contribution in [3.63, 3.8) is 0 Å². The highest BCUT2D eigenvalue weighted by Gasteiger charge is 2.13. The summed E-state index contributed by atoms with van der Waals surface area (Å²) in [6.45, 7) is 2.98. The van der Waals surface area contributed by atoms with Gasteiger partial charge < -0.3 is 16.0 Å². The van der Waals surface area contributed by atoms with Crippen LogP contribution in [0.5, 0.6) is 0 Å². The average molecular weight is 247 g/mol. The van der Waals surface area contributed by atoms with Crippen molar-refractivity contribution in [2.45, 2.75) is 6.92 Å². The van der Waals surface area contributed by atoms with E-state index in [1.807, 2.05) is 24.0 Å². The molecule has 0 aliphatic rings. The summed E-state index contributed by atoms with van der Waals surface area (Å²) in [5.74, 6) is -0.0408. The zero-order valence-corrected chi connectivity index (χ0v) is 10.5. The van der Waals surface area contributed by atoms with E-state index in [1.54, 1.807) is 13.2 Å². The van der Waals surface area contributed by atoms with Gasteiger partial charge in [0.1, 0.15) is 0 Å². The second-order valence-electron chi connectivity index (χ2n) is 4.06. The van der Waals surface area contributed by atoms with E-state index in [-0.39, 0.29) is 12.5 Å². The average Bonchev–Trinajstić information content (AvgIpc) is 2.81. The smallest absolute Gasteiger partial charge is 0.239 e. The molecule has 0 aliphatic carbocycles. The number of aromatic nitrogens is 2. The highest BCUT2D eigenvalue weighted by atomic mass is 16.1. The number of rotatable bonds is 4. The van der Waals surface area contributed by atoms with Crippen LogP contribution in [0.25, 0.3) is 10.9 Å². The Morgan fingerprint density at radius 2 is 2.33 bits per heavy atom. The molecular formula is C12H17N5O. The minimum Gasteiger partial charge on any atom is -0.397 e. The lowest BCUT2D eigenvalue weighted by molar-refractivity contribution is -0.119. The Labute approximate surface area is 105 Å². The Morgan fingerprint density at radius 1 is 1.56 bits per heavy atom. The summed E-state index contributed by atoms with van der Waals surface area (Å²) in [5.41, 5.74) is 8.43. The van der Waals surface area contributed by atoms with Gasteiger partial charge in [-0.25, -0.2) is 0 Å². The van der Waals surface area contributed by atoms with E-state index in [2.05, 4.69) is 15.5 Å². The molecule has 2 aromatic rings. The summed E-state index contributed by atoms with van der Waals surface area (Å²) in [7, 11) is 1.62. The number of aromatic amines is 1. The summed E-state index contributed by atoms with van der Waals surface area (Å²) in [6, 6.07) is 3.78. The summed E-state index contributed by atoms with van der Waals surface area (Å²) < 4.78 is 0. The lowest BCUT2D eigenvalue weighted by atomic mass is 10.2. The molecule has 1 aromatic carbocycles. The number of amides is 1. The van der Waals surface area contributed by atoms with Crippen LogP contribution < -0.4 is 16.0 Å². The first-order valence-corrected chi connectivity index (χ1v) is 5.83. The van der Waals surface area contributed by atoms with Gasteiger partial charge in [0.25, 0.3) is 0 Å². The molecule has 0 aliphatic heterocycles. The predicted molar refractivity (Wildman–Crippen MR) is 72.5 cm³/mol. The zero-order chi connectivity index (χ0) is 13.1. The number of carbonyl (C=O) groups excluding carboxylic acids is 1. The van der Waals surface area contributed by atoms with E-state index in [0.29, 0.717) is 12.2 Å². The molecule has 4 N–H and O–H groups in total. The van der Waals surface area contributed by atoms with Gasteiger partial charge in [-0.3, -0.25) is 9.89 Å². The molecule has 6 heteroatoms. The van der Waals surface area contributed by atoms with Crippen molar-refractivity contribution in [3.8, 4) is 0 Å². The number of nitrogens with two attached hydrogens (primary N) is 1. The number of H-pyrrole nitrogens is 1. The van der Waals surface area contributed by atoms with Crippen molar-refractivity contribution in [3.05, 3.63) is 18.3 Å². The molecule has 0 unspecified atom stereocenters. The van der Waals surface area contributed by atoms with Gasteiger partial charge in [-0.05, 0) is 19.1 Å². The van der Waals surface area contributed by atoms with E-state index in [1.165, 1.54) is 0 Å². The number of nitrogens with zero attached hydrogens (tertiary/aromatic N) is 2.